The minimum Gasteiger partial charge on any atom is -0.440 e. The van der Waals surface area contributed by atoms with E-state index in [1.807, 2.05) is 23.1 Å². The summed E-state index contributed by atoms with van der Waals surface area (Å²) >= 11 is 0. The molecule has 2 aliphatic heterocycles. The van der Waals surface area contributed by atoms with Crippen LogP contribution in [0.15, 0.2) is 79.1 Å². The summed E-state index contributed by atoms with van der Waals surface area (Å²) in [5, 5.41) is 0. The largest absolute Gasteiger partial charge is 0.440 e. The first-order chi connectivity index (χ1) is 16.6. The molecule has 1 spiro atoms. The molecule has 6 nitrogen and oxygen atoms in total. The summed E-state index contributed by atoms with van der Waals surface area (Å²) in [5.41, 5.74) is 1.31. The minimum atomic E-state index is -0.597. The monoisotopic (exact) mass is 456 g/mol. The lowest BCUT2D eigenvalue weighted by Gasteiger charge is -2.48. The van der Waals surface area contributed by atoms with E-state index in [2.05, 4.69) is 64.3 Å². The number of aryl methyl sites for hydroxylation is 1. The molecule has 2 aromatic carbocycles. The van der Waals surface area contributed by atoms with Gasteiger partial charge in [-0.1, -0.05) is 60.7 Å². The lowest BCUT2D eigenvalue weighted by atomic mass is 9.70. The lowest BCUT2D eigenvalue weighted by molar-refractivity contribution is -0.0602. The average Bonchev–Trinajstić information content (AvgIpc) is 3.09. The zero-order valence-corrected chi connectivity index (χ0v) is 19.8. The highest BCUT2D eigenvalue weighted by Crippen LogP contribution is 2.52. The summed E-state index contributed by atoms with van der Waals surface area (Å²) < 4.78 is 6.27. The van der Waals surface area contributed by atoms with Crippen LogP contribution in [0.1, 0.15) is 43.1 Å². The van der Waals surface area contributed by atoms with Gasteiger partial charge in [0, 0.05) is 38.3 Å². The van der Waals surface area contributed by atoms with Crippen molar-refractivity contribution in [2.24, 2.45) is 0 Å². The van der Waals surface area contributed by atoms with Gasteiger partial charge in [0.15, 0.2) is 0 Å². The van der Waals surface area contributed by atoms with Gasteiger partial charge in [-0.2, -0.15) is 0 Å². The molecule has 34 heavy (non-hydrogen) atoms. The molecule has 0 N–H and O–H groups in total. The molecule has 0 aliphatic carbocycles. The summed E-state index contributed by atoms with van der Waals surface area (Å²) in [7, 11) is 0. The van der Waals surface area contributed by atoms with Crippen LogP contribution in [0, 0.1) is 0 Å². The van der Waals surface area contributed by atoms with E-state index >= 15 is 0 Å². The van der Waals surface area contributed by atoms with Gasteiger partial charge < -0.3 is 9.64 Å². The molecular weight excluding hydrogens is 424 g/mol. The normalized spacial score (nSPS) is 22.1. The Hall–Kier alpha value is -3.25. The Kier molecular flexibility index (Phi) is 6.33. The molecule has 176 valence electrons. The van der Waals surface area contributed by atoms with E-state index in [0.29, 0.717) is 12.4 Å². The number of piperidine rings is 1. The first-order valence-electron chi connectivity index (χ1n) is 12.2. The Labute approximate surface area is 201 Å². The van der Waals surface area contributed by atoms with E-state index in [1.54, 1.807) is 18.5 Å². The molecule has 1 unspecified atom stereocenters. The number of benzene rings is 2. The number of carbonyl (C=O) groups is 1. The topological polar surface area (TPSA) is 58.6 Å². The molecule has 2 fully saturated rings. The summed E-state index contributed by atoms with van der Waals surface area (Å²) in [6.45, 7) is 5.37. The Balaban J connectivity index is 1.33. The molecule has 0 saturated carbocycles. The van der Waals surface area contributed by atoms with Gasteiger partial charge in [-0.25, -0.2) is 14.8 Å². The molecular formula is C28H32N4O2. The van der Waals surface area contributed by atoms with E-state index < -0.39 is 11.1 Å². The Morgan fingerprint density at radius 2 is 1.56 bits per heavy atom. The van der Waals surface area contributed by atoms with Gasteiger partial charge in [0.25, 0.3) is 0 Å². The zero-order chi connectivity index (χ0) is 23.4. The maximum Gasteiger partial charge on any atom is 0.411 e. The molecule has 5 rings (SSSR count). The van der Waals surface area contributed by atoms with Crippen molar-refractivity contribution in [1.29, 1.82) is 0 Å². The maximum absolute atomic E-state index is 13.3. The molecule has 0 radical (unpaired) electrons. The fourth-order valence-corrected chi connectivity index (χ4v) is 5.59. The Bertz CT molecular complexity index is 1090. The first-order valence-corrected chi connectivity index (χ1v) is 12.2. The van der Waals surface area contributed by atoms with E-state index in [0.717, 1.165) is 50.9 Å². The number of amides is 1. The Morgan fingerprint density at radius 3 is 2.24 bits per heavy atom. The van der Waals surface area contributed by atoms with Gasteiger partial charge in [-0.3, -0.25) is 4.90 Å². The van der Waals surface area contributed by atoms with Gasteiger partial charge in [-0.05, 0) is 43.5 Å². The highest BCUT2D eigenvalue weighted by atomic mass is 16.6. The van der Waals surface area contributed by atoms with Crippen molar-refractivity contribution in [3.8, 4) is 0 Å². The number of aromatic nitrogens is 2. The van der Waals surface area contributed by atoms with Crippen LogP contribution in [0.2, 0.25) is 0 Å². The van der Waals surface area contributed by atoms with Crippen molar-refractivity contribution in [1.82, 2.24) is 19.8 Å². The van der Waals surface area contributed by atoms with Crippen molar-refractivity contribution in [2.45, 2.75) is 50.3 Å². The van der Waals surface area contributed by atoms with Crippen molar-refractivity contribution in [3.05, 3.63) is 96.1 Å². The lowest BCUT2D eigenvalue weighted by Crippen LogP contribution is -2.58. The summed E-state index contributed by atoms with van der Waals surface area (Å²) in [4.78, 5) is 26.4. The van der Waals surface area contributed by atoms with Gasteiger partial charge in [-0.15, -0.1) is 0 Å². The van der Waals surface area contributed by atoms with Crippen LogP contribution in [0.4, 0.5) is 4.79 Å². The second kappa shape index (κ2) is 9.55. The molecule has 1 atom stereocenters. The van der Waals surface area contributed by atoms with Crippen molar-refractivity contribution in [3.63, 3.8) is 0 Å². The van der Waals surface area contributed by atoms with Crippen LogP contribution in [0.5, 0.6) is 0 Å². The summed E-state index contributed by atoms with van der Waals surface area (Å²) in [5.74, 6) is 0.622. The van der Waals surface area contributed by atoms with Crippen molar-refractivity contribution >= 4 is 6.09 Å². The zero-order valence-electron chi connectivity index (χ0n) is 19.8. The predicted molar refractivity (Wildman–Crippen MR) is 131 cm³/mol. The number of rotatable bonds is 7. The summed E-state index contributed by atoms with van der Waals surface area (Å²) in [6, 6.07) is 22.7. The molecule has 3 aromatic rings. The average molecular weight is 457 g/mol. The molecule has 6 heteroatoms. The third-order valence-corrected chi connectivity index (χ3v) is 7.63. The fraction of sp³-hybridized carbons (Fsp3) is 0.393. The highest BCUT2D eigenvalue weighted by Gasteiger charge is 2.63. The number of ether oxygens (including phenoxy) is 1. The minimum absolute atomic E-state index is 0.281. The predicted octanol–water partition coefficient (Wildman–Crippen LogP) is 4.81. The van der Waals surface area contributed by atoms with Crippen LogP contribution >= 0.6 is 0 Å². The van der Waals surface area contributed by atoms with Gasteiger partial charge in [0.2, 0.25) is 0 Å². The van der Waals surface area contributed by atoms with Crippen LogP contribution in [0.3, 0.4) is 0 Å². The first kappa shape index (κ1) is 22.5. The van der Waals surface area contributed by atoms with Gasteiger partial charge in [0.05, 0.1) is 6.54 Å². The smallest absolute Gasteiger partial charge is 0.411 e. The fourth-order valence-electron chi connectivity index (χ4n) is 5.59. The third kappa shape index (κ3) is 4.18. The quantitative estimate of drug-likeness (QED) is 0.511. The number of likely N-dealkylation sites (tertiary alicyclic amines) is 1. The highest BCUT2D eigenvalue weighted by molar-refractivity contribution is 5.73. The SMILES string of the molecule is CC1(c2ccccc2)N(Cc2ncccn2)C(=O)OC12CCN(CCCc1ccccc1)CC2. The standard InChI is InChI=1S/C28H32N4O2/c1-27(24-13-6-3-7-14-24)28(34-26(33)32(27)22-25-29-17-9-18-30-25)15-20-31(21-16-28)19-8-12-23-10-4-2-5-11-23/h2-7,9-11,13-14,17-18H,8,12,15-16,19-22H2,1H3. The molecule has 3 heterocycles. The van der Waals surface area contributed by atoms with Crippen LogP contribution in [-0.4, -0.2) is 51.1 Å². The number of carbonyl (C=O) groups excluding carboxylic acids is 1. The van der Waals surface area contributed by atoms with E-state index in [4.69, 9.17) is 4.74 Å². The second-order valence-electron chi connectivity index (χ2n) is 9.48. The van der Waals surface area contributed by atoms with Crippen LogP contribution in [0.25, 0.3) is 0 Å². The number of hydrogen-bond acceptors (Lipinski definition) is 5. The molecule has 0 bridgehead atoms. The molecule has 1 amide bonds. The van der Waals surface area contributed by atoms with Crippen LogP contribution < -0.4 is 0 Å². The maximum atomic E-state index is 13.3. The van der Waals surface area contributed by atoms with Crippen molar-refractivity contribution < 1.29 is 9.53 Å². The van der Waals surface area contributed by atoms with Crippen LogP contribution in [-0.2, 0) is 23.2 Å². The van der Waals surface area contributed by atoms with E-state index in [9.17, 15) is 4.79 Å². The van der Waals surface area contributed by atoms with E-state index in [1.165, 1.54) is 5.56 Å². The third-order valence-electron chi connectivity index (χ3n) is 7.63. The van der Waals surface area contributed by atoms with Gasteiger partial charge in [0.1, 0.15) is 17.0 Å². The summed E-state index contributed by atoms with van der Waals surface area (Å²) in [6.07, 6.45) is 6.98. The van der Waals surface area contributed by atoms with Crippen molar-refractivity contribution in [2.75, 3.05) is 19.6 Å². The van der Waals surface area contributed by atoms with Gasteiger partial charge >= 0.3 is 6.09 Å². The molecule has 1 aromatic heterocycles. The van der Waals surface area contributed by atoms with E-state index in [-0.39, 0.29) is 6.09 Å². The number of nitrogens with zero attached hydrogens (tertiary/aromatic N) is 4. The molecule has 2 saturated heterocycles. The second-order valence-corrected chi connectivity index (χ2v) is 9.48. The number of hydrogen-bond donors (Lipinski definition) is 0. The molecule has 2 aliphatic rings. The Morgan fingerprint density at radius 1 is 0.912 bits per heavy atom.